The highest BCUT2D eigenvalue weighted by Gasteiger charge is 2.25. The number of H-pyrrole nitrogens is 1. The Balaban J connectivity index is 2.15. The van der Waals surface area contributed by atoms with Crippen LogP contribution in [0.3, 0.4) is 0 Å². The number of aliphatic carboxylic acids is 1. The molecule has 1 aliphatic heterocycles. The molecule has 0 unspecified atom stereocenters. The number of carboxylic acid groups (broad SMARTS) is 1. The van der Waals surface area contributed by atoms with Crippen LogP contribution in [0.5, 0.6) is 0 Å². The third-order valence-electron chi connectivity index (χ3n) is 4.53. The molecule has 1 saturated heterocycles. The molecule has 2 aromatic heterocycles. The normalized spacial score (nSPS) is 16.0. The fourth-order valence-electron chi connectivity index (χ4n) is 3.12. The highest BCUT2D eigenvalue weighted by atomic mass is 16.4. The zero-order chi connectivity index (χ0) is 17.4. The minimum atomic E-state index is -1.32. The molecule has 10 nitrogen and oxygen atoms in total. The fraction of sp³-hybridized carbons (Fsp3) is 0.571. The van der Waals surface area contributed by atoms with Gasteiger partial charge in [0.25, 0.3) is 5.56 Å². The highest BCUT2D eigenvalue weighted by Crippen LogP contribution is 2.19. The number of carbonyl (C=O) groups excluding carboxylic acids is 1. The molecule has 1 fully saturated rings. The lowest BCUT2D eigenvalue weighted by molar-refractivity contribution is -0.898. The molecule has 0 bridgehead atoms. The van der Waals surface area contributed by atoms with Crippen molar-refractivity contribution in [3.63, 3.8) is 0 Å². The first-order valence-corrected chi connectivity index (χ1v) is 7.90. The van der Waals surface area contributed by atoms with Gasteiger partial charge in [-0.15, -0.1) is 0 Å². The first-order chi connectivity index (χ1) is 11.4. The van der Waals surface area contributed by atoms with Gasteiger partial charge in [0.15, 0.2) is 11.2 Å². The van der Waals surface area contributed by atoms with Gasteiger partial charge in [-0.1, -0.05) is 0 Å². The molecule has 10 heteroatoms. The summed E-state index contributed by atoms with van der Waals surface area (Å²) in [5.74, 6) is -0.933. The predicted molar refractivity (Wildman–Crippen MR) is 84.1 cm³/mol. The minimum Gasteiger partial charge on any atom is -0.548 e. The Morgan fingerprint density at radius 2 is 2.00 bits per heavy atom. The maximum Gasteiger partial charge on any atom is 0.329 e. The number of aryl methyl sites for hydroxylation is 1. The summed E-state index contributed by atoms with van der Waals surface area (Å²) in [6.45, 7) is 5.86. The Kier molecular flexibility index (Phi) is 4.14. The van der Waals surface area contributed by atoms with E-state index in [1.54, 1.807) is 0 Å². The largest absolute Gasteiger partial charge is 0.548 e. The van der Waals surface area contributed by atoms with E-state index in [-0.39, 0.29) is 11.2 Å². The molecule has 0 aromatic carbocycles. The van der Waals surface area contributed by atoms with E-state index in [1.807, 2.05) is 4.90 Å². The van der Waals surface area contributed by atoms with Gasteiger partial charge in [0.2, 0.25) is 5.95 Å². The molecular weight excluding hydrogens is 316 g/mol. The number of carbonyl (C=O) groups is 1. The van der Waals surface area contributed by atoms with E-state index in [1.165, 1.54) is 21.1 Å². The lowest BCUT2D eigenvalue weighted by atomic mass is 10.3. The Bertz CT molecular complexity index is 887. The van der Waals surface area contributed by atoms with Crippen LogP contribution in [-0.4, -0.2) is 57.8 Å². The molecule has 0 spiro atoms. The predicted octanol–water partition coefficient (Wildman–Crippen LogP) is -4.10. The van der Waals surface area contributed by atoms with Gasteiger partial charge in [0.05, 0.1) is 45.2 Å². The van der Waals surface area contributed by atoms with Crippen LogP contribution in [0, 0.1) is 0 Å². The molecule has 3 rings (SSSR count). The third-order valence-corrected chi connectivity index (χ3v) is 4.53. The maximum absolute atomic E-state index is 12.2. The van der Waals surface area contributed by atoms with Gasteiger partial charge in [-0.25, -0.2) is 4.79 Å². The number of likely N-dealkylation sites (N-methyl/N-ethyl adjacent to an activating group) is 1. The molecule has 2 aromatic rings. The molecule has 130 valence electrons. The molecule has 2 N–H and O–H groups in total. The smallest absolute Gasteiger partial charge is 0.329 e. The van der Waals surface area contributed by atoms with Gasteiger partial charge in [0, 0.05) is 7.05 Å². The summed E-state index contributed by atoms with van der Waals surface area (Å²) in [7, 11) is 1.49. The van der Waals surface area contributed by atoms with E-state index in [2.05, 4.69) is 16.9 Å². The van der Waals surface area contributed by atoms with Crippen molar-refractivity contribution in [2.75, 3.05) is 37.6 Å². The molecule has 1 aliphatic rings. The average Bonchev–Trinajstić information content (AvgIpc) is 2.92. The topological polar surface area (TPSA) is 120 Å². The maximum atomic E-state index is 12.2. The van der Waals surface area contributed by atoms with E-state index in [0.717, 1.165) is 19.6 Å². The van der Waals surface area contributed by atoms with Crippen molar-refractivity contribution in [2.45, 2.75) is 13.5 Å². The molecule has 0 saturated carbocycles. The Morgan fingerprint density at radius 3 is 2.58 bits per heavy atom. The SMILES string of the molecule is CC[NH+]1CCN(c2nc3c(c(=O)[nH]c(=O)n3C)n2CC(=O)[O-])CC1. The molecule has 0 amide bonds. The van der Waals surface area contributed by atoms with Crippen LogP contribution in [0.15, 0.2) is 9.59 Å². The number of aromatic amines is 1. The van der Waals surface area contributed by atoms with Gasteiger partial charge in [0.1, 0.15) is 0 Å². The monoisotopic (exact) mass is 336 g/mol. The number of hydrogen-bond donors (Lipinski definition) is 2. The number of nitrogens with zero attached hydrogens (tertiary/aromatic N) is 4. The van der Waals surface area contributed by atoms with E-state index < -0.39 is 23.8 Å². The number of rotatable bonds is 4. The lowest BCUT2D eigenvalue weighted by Crippen LogP contribution is -3.14. The Morgan fingerprint density at radius 1 is 1.33 bits per heavy atom. The van der Waals surface area contributed by atoms with Crippen molar-refractivity contribution in [3.8, 4) is 0 Å². The molecular formula is C14H20N6O4. The lowest BCUT2D eigenvalue weighted by Gasteiger charge is -2.32. The van der Waals surface area contributed by atoms with Crippen LogP contribution in [-0.2, 0) is 18.4 Å². The molecule has 0 radical (unpaired) electrons. The van der Waals surface area contributed by atoms with Crippen molar-refractivity contribution in [1.82, 2.24) is 19.1 Å². The number of piperazine rings is 1. The summed E-state index contributed by atoms with van der Waals surface area (Å²) in [5, 5.41) is 11.1. The molecule has 24 heavy (non-hydrogen) atoms. The van der Waals surface area contributed by atoms with Crippen LogP contribution < -0.4 is 26.2 Å². The molecule has 0 atom stereocenters. The van der Waals surface area contributed by atoms with E-state index in [9.17, 15) is 19.5 Å². The average molecular weight is 336 g/mol. The summed E-state index contributed by atoms with van der Waals surface area (Å²) in [6, 6.07) is 0. The van der Waals surface area contributed by atoms with Crippen LogP contribution >= 0.6 is 0 Å². The van der Waals surface area contributed by atoms with Gasteiger partial charge in [-0.05, 0) is 6.92 Å². The van der Waals surface area contributed by atoms with Crippen LogP contribution in [0.1, 0.15) is 6.92 Å². The van der Waals surface area contributed by atoms with Crippen molar-refractivity contribution >= 4 is 23.1 Å². The summed E-state index contributed by atoms with van der Waals surface area (Å²) in [6.07, 6.45) is 0. The molecule has 3 heterocycles. The van der Waals surface area contributed by atoms with Crippen molar-refractivity contribution in [2.24, 2.45) is 7.05 Å². The summed E-state index contributed by atoms with van der Waals surface area (Å²) in [4.78, 5) is 45.1. The number of anilines is 1. The minimum absolute atomic E-state index is 0.0709. The molecule has 0 aliphatic carbocycles. The standard InChI is InChI=1S/C14H20N6O4/c1-3-18-4-6-19(7-5-18)13-15-11-10(20(13)8-9(21)22)12(23)16-14(24)17(11)2/h3-8H2,1-2H3,(H,21,22)(H,16,23,24). The van der Waals surface area contributed by atoms with Crippen molar-refractivity contribution in [1.29, 1.82) is 0 Å². The fourth-order valence-corrected chi connectivity index (χ4v) is 3.12. The number of fused-ring (bicyclic) bond motifs is 1. The van der Waals surface area contributed by atoms with Crippen LogP contribution in [0.2, 0.25) is 0 Å². The van der Waals surface area contributed by atoms with Crippen LogP contribution in [0.4, 0.5) is 5.95 Å². The Hall–Kier alpha value is -2.62. The first kappa shape index (κ1) is 16.2. The van der Waals surface area contributed by atoms with Gasteiger partial charge >= 0.3 is 5.69 Å². The number of aromatic nitrogens is 4. The van der Waals surface area contributed by atoms with Crippen molar-refractivity contribution in [3.05, 3.63) is 20.8 Å². The quantitative estimate of drug-likeness (QED) is 0.585. The zero-order valence-electron chi connectivity index (χ0n) is 13.7. The number of quaternary nitrogens is 1. The number of carboxylic acids is 1. The Labute approximate surface area is 136 Å². The summed E-state index contributed by atoms with van der Waals surface area (Å²) >= 11 is 0. The second-order valence-corrected chi connectivity index (χ2v) is 5.95. The second-order valence-electron chi connectivity index (χ2n) is 5.95. The number of imidazole rings is 1. The third kappa shape index (κ3) is 2.68. The number of nitrogens with one attached hydrogen (secondary N) is 2. The number of hydrogen-bond acceptors (Lipinski definition) is 6. The highest BCUT2D eigenvalue weighted by molar-refractivity contribution is 5.77. The van der Waals surface area contributed by atoms with E-state index in [0.29, 0.717) is 19.0 Å². The van der Waals surface area contributed by atoms with E-state index >= 15 is 0 Å². The van der Waals surface area contributed by atoms with Gasteiger partial charge in [-0.3, -0.25) is 18.9 Å². The van der Waals surface area contributed by atoms with Crippen LogP contribution in [0.25, 0.3) is 11.2 Å². The second kappa shape index (κ2) is 6.11. The van der Waals surface area contributed by atoms with Gasteiger partial charge < -0.3 is 19.7 Å². The zero-order valence-corrected chi connectivity index (χ0v) is 13.7. The first-order valence-electron chi connectivity index (χ1n) is 7.90. The van der Waals surface area contributed by atoms with E-state index in [4.69, 9.17) is 0 Å². The summed E-state index contributed by atoms with van der Waals surface area (Å²) in [5.41, 5.74) is -0.991. The van der Waals surface area contributed by atoms with Gasteiger partial charge in [-0.2, -0.15) is 4.98 Å². The summed E-state index contributed by atoms with van der Waals surface area (Å²) < 4.78 is 2.53. The van der Waals surface area contributed by atoms with Crippen molar-refractivity contribution < 1.29 is 14.8 Å².